The first-order chi connectivity index (χ1) is 38.0. The molecule has 0 aromatic heterocycles. The van der Waals surface area contributed by atoms with E-state index in [1.165, 1.54) is 38.5 Å². The Morgan fingerprint density at radius 2 is 0.718 bits per heavy atom. The van der Waals surface area contributed by atoms with Crippen molar-refractivity contribution in [3.8, 4) is 0 Å². The first-order valence-electron chi connectivity index (χ1n) is 29.8. The molecule has 0 amide bonds. The van der Waals surface area contributed by atoms with Crippen molar-refractivity contribution in [3.05, 3.63) is 170 Å². The van der Waals surface area contributed by atoms with Crippen LogP contribution in [0.3, 0.4) is 0 Å². The van der Waals surface area contributed by atoms with Crippen molar-refractivity contribution in [2.75, 3.05) is 47.5 Å². The Morgan fingerprint density at radius 3 is 1.08 bits per heavy atom. The van der Waals surface area contributed by atoms with E-state index in [1.807, 2.05) is 33.3 Å². The Labute approximate surface area is 477 Å². The maximum absolute atomic E-state index is 12.8. The summed E-state index contributed by atoms with van der Waals surface area (Å²) in [5, 5.41) is 0. The number of hydrogen-bond acceptors (Lipinski definition) is 8. The van der Waals surface area contributed by atoms with Gasteiger partial charge in [0.2, 0.25) is 0 Å². The molecule has 0 aliphatic heterocycles. The highest BCUT2D eigenvalue weighted by atomic mass is 31.2. The number of carbonyl (C=O) groups excluding carboxylic acids is 2. The molecule has 0 saturated carbocycles. The molecular weight excluding hydrogens is 990 g/mol. The van der Waals surface area contributed by atoms with Crippen LogP contribution in [-0.4, -0.2) is 70.0 Å². The molecule has 10 heteroatoms. The van der Waals surface area contributed by atoms with E-state index in [-0.39, 0.29) is 26.1 Å². The molecule has 0 aliphatic carbocycles. The smallest absolute Gasteiger partial charge is 0.306 e. The molecular formula is C68H108NO8P. The predicted molar refractivity (Wildman–Crippen MR) is 332 cm³/mol. The quantitative estimate of drug-likeness (QED) is 0.0195. The third-order valence-corrected chi connectivity index (χ3v) is 12.7. The van der Waals surface area contributed by atoms with Gasteiger partial charge in [0.15, 0.2) is 6.10 Å². The normalized spacial score (nSPS) is 14.5. The van der Waals surface area contributed by atoms with Crippen molar-refractivity contribution in [2.24, 2.45) is 0 Å². The number of carbonyl (C=O) groups is 2. The van der Waals surface area contributed by atoms with E-state index >= 15 is 0 Å². The van der Waals surface area contributed by atoms with E-state index in [9.17, 15) is 19.0 Å². The lowest BCUT2D eigenvalue weighted by atomic mass is 10.0. The Kier molecular flexibility index (Phi) is 53.7. The van der Waals surface area contributed by atoms with Crippen LogP contribution < -0.4 is 4.89 Å². The molecule has 78 heavy (non-hydrogen) atoms. The van der Waals surface area contributed by atoms with E-state index in [4.69, 9.17) is 18.5 Å². The van der Waals surface area contributed by atoms with Crippen LogP contribution in [0, 0.1) is 0 Å². The van der Waals surface area contributed by atoms with Gasteiger partial charge in [-0.05, 0) is 116 Å². The number of phosphoric ester groups is 1. The molecule has 0 saturated heterocycles. The Morgan fingerprint density at radius 1 is 0.397 bits per heavy atom. The lowest BCUT2D eigenvalue weighted by Crippen LogP contribution is -2.37. The van der Waals surface area contributed by atoms with Crippen LogP contribution in [0.1, 0.15) is 194 Å². The molecule has 2 atom stereocenters. The molecule has 0 aromatic rings. The molecule has 0 bridgehead atoms. The second-order valence-corrected chi connectivity index (χ2v) is 21.7. The Hall–Kier alpha value is -4.63. The summed E-state index contributed by atoms with van der Waals surface area (Å²) in [4.78, 5) is 37.8. The Bertz CT molecular complexity index is 1920. The molecule has 0 aromatic carbocycles. The van der Waals surface area contributed by atoms with E-state index in [1.54, 1.807) is 0 Å². The van der Waals surface area contributed by atoms with Crippen LogP contribution in [0.4, 0.5) is 0 Å². The van der Waals surface area contributed by atoms with E-state index in [2.05, 4.69) is 172 Å². The van der Waals surface area contributed by atoms with Crippen LogP contribution in [0.25, 0.3) is 0 Å². The van der Waals surface area contributed by atoms with Crippen LogP contribution in [0.5, 0.6) is 0 Å². The van der Waals surface area contributed by atoms with Crippen molar-refractivity contribution in [2.45, 2.75) is 200 Å². The highest BCUT2D eigenvalue weighted by Crippen LogP contribution is 2.38. The third-order valence-electron chi connectivity index (χ3n) is 11.7. The Balaban J connectivity index is 4.25. The first-order valence-corrected chi connectivity index (χ1v) is 31.3. The summed E-state index contributed by atoms with van der Waals surface area (Å²) < 4.78 is 34.0. The van der Waals surface area contributed by atoms with Gasteiger partial charge in [0.1, 0.15) is 19.8 Å². The molecule has 0 rings (SSSR count). The fraction of sp³-hybridized carbons (Fsp3) is 0.559. The monoisotopic (exact) mass is 1100 g/mol. The molecule has 0 aliphatic rings. The second kappa shape index (κ2) is 57.1. The average molecular weight is 1100 g/mol. The number of phosphoric acid groups is 1. The summed E-state index contributed by atoms with van der Waals surface area (Å²) in [7, 11) is 1.10. The maximum atomic E-state index is 12.8. The van der Waals surface area contributed by atoms with E-state index in [0.29, 0.717) is 23.9 Å². The van der Waals surface area contributed by atoms with Crippen LogP contribution >= 0.6 is 7.82 Å². The lowest BCUT2D eigenvalue weighted by molar-refractivity contribution is -0.870. The van der Waals surface area contributed by atoms with E-state index in [0.717, 1.165) is 116 Å². The van der Waals surface area contributed by atoms with Crippen molar-refractivity contribution in [1.29, 1.82) is 0 Å². The average Bonchev–Trinajstić information content (AvgIpc) is 3.41. The van der Waals surface area contributed by atoms with Crippen molar-refractivity contribution < 1.29 is 42.1 Å². The summed E-state index contributed by atoms with van der Waals surface area (Å²) >= 11 is 0. The number of ether oxygens (including phenoxy) is 2. The summed E-state index contributed by atoms with van der Waals surface area (Å²) in [6, 6.07) is 0. The van der Waals surface area contributed by atoms with Crippen molar-refractivity contribution >= 4 is 19.8 Å². The van der Waals surface area contributed by atoms with Crippen LogP contribution in [-0.2, 0) is 32.7 Å². The molecule has 0 radical (unpaired) electrons. The molecule has 0 heterocycles. The fourth-order valence-electron chi connectivity index (χ4n) is 7.23. The van der Waals surface area contributed by atoms with Crippen LogP contribution in [0.2, 0.25) is 0 Å². The minimum atomic E-state index is -4.67. The summed E-state index contributed by atoms with van der Waals surface area (Å²) in [5.74, 6) is -0.951. The van der Waals surface area contributed by atoms with E-state index < -0.39 is 32.5 Å². The van der Waals surface area contributed by atoms with Gasteiger partial charge in [-0.25, -0.2) is 0 Å². The minimum absolute atomic E-state index is 0.0527. The molecule has 438 valence electrons. The van der Waals surface area contributed by atoms with Gasteiger partial charge in [0.25, 0.3) is 7.82 Å². The summed E-state index contributed by atoms with van der Waals surface area (Å²) in [6.45, 7) is 3.89. The maximum Gasteiger partial charge on any atom is 0.306 e. The van der Waals surface area contributed by atoms with Gasteiger partial charge in [-0.3, -0.25) is 14.2 Å². The summed E-state index contributed by atoms with van der Waals surface area (Å²) in [5.41, 5.74) is 0. The number of nitrogens with zero attached hydrogens (tertiary/aromatic N) is 1. The number of quaternary nitrogens is 1. The predicted octanol–water partition coefficient (Wildman–Crippen LogP) is 18.4. The first kappa shape index (κ1) is 73.4. The standard InChI is InChI=1S/C68H108NO8P/c1-6-8-10-12-14-16-18-20-22-24-26-27-28-29-30-31-32-33-34-35-36-37-38-39-40-41-43-45-47-49-51-53-55-57-59-61-68(71)77-66(65-76-78(72,73)75-63-62-69(3,4)5)64-74-67(70)60-58-56-54-52-50-48-46-44-42-25-23-21-19-17-15-13-11-9-7-2/h8-11,14-17,20-23,26-27,29-30,32-33,35-36,38-39,42,44,48,50,54,56,66H,6-7,12-13,18-19,24-25,28,31,34,37,40-41,43,45-47,49,51-53,55,57-65H2,1-5H3/b10-8-,11-9-,16-14-,17-15-,22-20-,23-21-,27-26-,30-29-,33-32-,36-35-,39-38-,44-42-,50-48-,56-54-. The van der Waals surface area contributed by atoms with Gasteiger partial charge in [-0.1, -0.05) is 235 Å². The molecule has 9 nitrogen and oxygen atoms in total. The number of esters is 2. The SMILES string of the molecule is CC/C=C\C/C=C\C/C=C\C/C=C\C/C=C\C/C=C\C/C=C\C/C=C\CCCCCCCCCCCCC(=O)OC(COC(=O)CC/C=C\C/C=C\C/C=C\C/C=C\C/C=C\C/C=C\CC)COP(=O)([O-])OCC[N+](C)(C)C. The second-order valence-electron chi connectivity index (χ2n) is 20.2. The fourth-order valence-corrected chi connectivity index (χ4v) is 7.95. The third kappa shape index (κ3) is 60.6. The minimum Gasteiger partial charge on any atom is -0.756 e. The lowest BCUT2D eigenvalue weighted by Gasteiger charge is -2.28. The highest BCUT2D eigenvalue weighted by molar-refractivity contribution is 7.45. The van der Waals surface area contributed by atoms with Crippen LogP contribution in [0.15, 0.2) is 170 Å². The van der Waals surface area contributed by atoms with Crippen molar-refractivity contribution in [1.82, 2.24) is 0 Å². The van der Waals surface area contributed by atoms with Gasteiger partial charge < -0.3 is 27.9 Å². The number of allylic oxidation sites excluding steroid dienone is 28. The van der Waals surface area contributed by atoms with Crippen molar-refractivity contribution in [3.63, 3.8) is 0 Å². The number of rotatable bonds is 52. The van der Waals surface area contributed by atoms with Gasteiger partial charge in [-0.2, -0.15) is 0 Å². The zero-order valence-corrected chi connectivity index (χ0v) is 50.4. The molecule has 2 unspecified atom stereocenters. The molecule has 0 spiro atoms. The number of likely N-dealkylation sites (N-methyl/N-ethyl adjacent to an activating group) is 1. The highest BCUT2D eigenvalue weighted by Gasteiger charge is 2.21. The summed E-state index contributed by atoms with van der Waals surface area (Å²) in [6.07, 6.45) is 87.1. The topological polar surface area (TPSA) is 111 Å². The van der Waals surface area contributed by atoms with Gasteiger partial charge >= 0.3 is 11.9 Å². The molecule has 0 N–H and O–H groups in total. The molecule has 0 fully saturated rings. The largest absolute Gasteiger partial charge is 0.756 e. The van der Waals surface area contributed by atoms with Gasteiger partial charge in [0.05, 0.1) is 27.7 Å². The zero-order valence-electron chi connectivity index (χ0n) is 49.5. The van der Waals surface area contributed by atoms with Gasteiger partial charge in [0, 0.05) is 12.8 Å². The zero-order chi connectivity index (χ0) is 57.0. The van der Waals surface area contributed by atoms with Gasteiger partial charge in [-0.15, -0.1) is 0 Å². The number of hydrogen-bond donors (Lipinski definition) is 0. The number of unbranched alkanes of at least 4 members (excludes halogenated alkanes) is 10.